The van der Waals surface area contributed by atoms with E-state index in [2.05, 4.69) is 17.3 Å². The number of amides is 1. The van der Waals surface area contributed by atoms with Crippen LogP contribution in [0.15, 0.2) is 22.7 Å². The molecule has 3 rings (SSSR count). The molecule has 0 unspecified atom stereocenters. The van der Waals surface area contributed by atoms with Gasteiger partial charge in [0.1, 0.15) is 11.5 Å². The topological polar surface area (TPSA) is 55.6 Å². The molecule has 122 valence electrons. The van der Waals surface area contributed by atoms with Gasteiger partial charge >= 0.3 is 0 Å². The number of nitrogens with zero attached hydrogens (tertiary/aromatic N) is 2. The fraction of sp³-hybridized carbons (Fsp3) is 0.444. The third-order valence-corrected chi connectivity index (χ3v) is 4.55. The van der Waals surface area contributed by atoms with Crippen molar-refractivity contribution in [2.45, 2.75) is 39.7 Å². The lowest BCUT2D eigenvalue weighted by molar-refractivity contribution is -0.132. The van der Waals surface area contributed by atoms with Gasteiger partial charge in [0.05, 0.1) is 12.8 Å². The van der Waals surface area contributed by atoms with Crippen LogP contribution in [-0.2, 0) is 24.2 Å². The maximum absolute atomic E-state index is 12.5. The zero-order valence-corrected chi connectivity index (χ0v) is 13.9. The van der Waals surface area contributed by atoms with Crippen LogP contribution in [0.1, 0.15) is 34.6 Å². The molecule has 2 heterocycles. The fourth-order valence-electron chi connectivity index (χ4n) is 3.12. The Morgan fingerprint density at radius 2 is 2.17 bits per heavy atom. The minimum Gasteiger partial charge on any atom is -0.497 e. The largest absolute Gasteiger partial charge is 0.497 e. The summed E-state index contributed by atoms with van der Waals surface area (Å²) in [5.41, 5.74) is 4.42. The van der Waals surface area contributed by atoms with Crippen LogP contribution in [0.5, 0.6) is 5.75 Å². The lowest BCUT2D eigenvalue weighted by Gasteiger charge is -2.29. The summed E-state index contributed by atoms with van der Waals surface area (Å²) in [6.45, 7) is 5.26. The molecule has 0 saturated carbocycles. The Bertz CT molecular complexity index is 702. The maximum Gasteiger partial charge on any atom is 0.223 e. The molecule has 1 aromatic heterocycles. The molecule has 0 aliphatic carbocycles. The Hall–Kier alpha value is -2.30. The number of benzene rings is 1. The molecular formula is C18H22N2O3. The number of fused-ring (bicyclic) bond motifs is 1. The van der Waals surface area contributed by atoms with Gasteiger partial charge in [0.15, 0.2) is 0 Å². The fourth-order valence-corrected chi connectivity index (χ4v) is 3.12. The Kier molecular flexibility index (Phi) is 4.37. The van der Waals surface area contributed by atoms with Gasteiger partial charge in [-0.3, -0.25) is 4.79 Å². The van der Waals surface area contributed by atoms with Crippen molar-refractivity contribution in [2.75, 3.05) is 13.7 Å². The summed E-state index contributed by atoms with van der Waals surface area (Å²) in [5.74, 6) is 1.87. The van der Waals surface area contributed by atoms with Crippen LogP contribution >= 0.6 is 0 Å². The molecule has 1 aliphatic heterocycles. The molecule has 0 fully saturated rings. The van der Waals surface area contributed by atoms with Gasteiger partial charge in [0, 0.05) is 25.1 Å². The number of ether oxygens (including phenoxy) is 1. The van der Waals surface area contributed by atoms with Gasteiger partial charge < -0.3 is 14.2 Å². The predicted molar refractivity (Wildman–Crippen MR) is 86.4 cm³/mol. The highest BCUT2D eigenvalue weighted by molar-refractivity contribution is 5.77. The molecule has 0 saturated heterocycles. The molecule has 1 aliphatic rings. The first kappa shape index (κ1) is 15.6. The van der Waals surface area contributed by atoms with Crippen molar-refractivity contribution in [1.82, 2.24) is 10.1 Å². The average Bonchev–Trinajstić information content (AvgIpc) is 2.90. The second-order valence-corrected chi connectivity index (χ2v) is 6.00. The summed E-state index contributed by atoms with van der Waals surface area (Å²) >= 11 is 0. The smallest absolute Gasteiger partial charge is 0.223 e. The zero-order chi connectivity index (χ0) is 16.4. The van der Waals surface area contributed by atoms with E-state index in [1.165, 1.54) is 11.1 Å². The highest BCUT2D eigenvalue weighted by Gasteiger charge is 2.21. The van der Waals surface area contributed by atoms with Crippen LogP contribution in [0, 0.1) is 13.8 Å². The van der Waals surface area contributed by atoms with E-state index in [9.17, 15) is 4.79 Å². The van der Waals surface area contributed by atoms with Crippen molar-refractivity contribution in [3.8, 4) is 5.75 Å². The standard InChI is InChI=1S/C18H22N2O3/c1-12-17(13(2)23-19-12)6-7-18(21)20-9-8-14-10-16(22-3)5-4-15(14)11-20/h4-5,10H,6-9,11H2,1-3H3. The SMILES string of the molecule is COc1ccc2c(c1)CCN(C(=O)CCc1c(C)noc1C)C2. The molecule has 0 bridgehead atoms. The summed E-state index contributed by atoms with van der Waals surface area (Å²) < 4.78 is 10.4. The average molecular weight is 314 g/mol. The van der Waals surface area contributed by atoms with Crippen molar-refractivity contribution < 1.29 is 14.1 Å². The summed E-state index contributed by atoms with van der Waals surface area (Å²) in [5, 5.41) is 3.94. The van der Waals surface area contributed by atoms with Crippen molar-refractivity contribution in [2.24, 2.45) is 0 Å². The predicted octanol–water partition coefficient (Wildman–Crippen LogP) is 2.82. The minimum atomic E-state index is 0.187. The van der Waals surface area contributed by atoms with Crippen molar-refractivity contribution >= 4 is 5.91 Å². The zero-order valence-electron chi connectivity index (χ0n) is 13.9. The van der Waals surface area contributed by atoms with Crippen molar-refractivity contribution in [3.05, 3.63) is 46.3 Å². The number of aryl methyl sites for hydroxylation is 2. The van der Waals surface area contributed by atoms with Gasteiger partial charge in [-0.15, -0.1) is 0 Å². The Balaban J connectivity index is 1.63. The summed E-state index contributed by atoms with van der Waals surface area (Å²) in [4.78, 5) is 14.4. The van der Waals surface area contributed by atoms with Gasteiger partial charge in [-0.25, -0.2) is 0 Å². The number of hydrogen-bond acceptors (Lipinski definition) is 4. The lowest BCUT2D eigenvalue weighted by Crippen LogP contribution is -2.36. The van der Waals surface area contributed by atoms with E-state index >= 15 is 0 Å². The Morgan fingerprint density at radius 1 is 1.35 bits per heavy atom. The minimum absolute atomic E-state index is 0.187. The van der Waals surface area contributed by atoms with E-state index in [0.717, 1.165) is 35.7 Å². The van der Waals surface area contributed by atoms with Crippen molar-refractivity contribution in [3.63, 3.8) is 0 Å². The monoisotopic (exact) mass is 314 g/mol. The molecule has 5 heteroatoms. The van der Waals surface area contributed by atoms with E-state index in [0.29, 0.717) is 19.4 Å². The normalized spacial score (nSPS) is 13.8. The molecule has 23 heavy (non-hydrogen) atoms. The molecule has 5 nitrogen and oxygen atoms in total. The summed E-state index contributed by atoms with van der Waals surface area (Å²) in [7, 11) is 1.68. The number of hydrogen-bond donors (Lipinski definition) is 0. The van der Waals surface area contributed by atoms with E-state index < -0.39 is 0 Å². The number of methoxy groups -OCH3 is 1. The first-order valence-electron chi connectivity index (χ1n) is 7.94. The highest BCUT2D eigenvalue weighted by Crippen LogP contribution is 2.24. The first-order valence-corrected chi connectivity index (χ1v) is 7.94. The first-order chi connectivity index (χ1) is 11.1. The van der Waals surface area contributed by atoms with E-state index in [4.69, 9.17) is 9.26 Å². The van der Waals surface area contributed by atoms with Crippen LogP contribution < -0.4 is 4.74 Å². The van der Waals surface area contributed by atoms with E-state index in [1.54, 1.807) is 7.11 Å². The van der Waals surface area contributed by atoms with Gasteiger partial charge in [-0.05, 0) is 49.9 Å². The quantitative estimate of drug-likeness (QED) is 0.871. The third kappa shape index (κ3) is 3.23. The Labute approximate surface area is 136 Å². The number of carbonyl (C=O) groups excluding carboxylic acids is 1. The summed E-state index contributed by atoms with van der Waals surface area (Å²) in [6, 6.07) is 6.08. The molecule has 1 aromatic carbocycles. The number of aromatic nitrogens is 1. The maximum atomic E-state index is 12.5. The van der Waals surface area contributed by atoms with E-state index in [-0.39, 0.29) is 5.91 Å². The van der Waals surface area contributed by atoms with Gasteiger partial charge in [-0.1, -0.05) is 11.2 Å². The van der Waals surface area contributed by atoms with Gasteiger partial charge in [0.25, 0.3) is 0 Å². The van der Waals surface area contributed by atoms with Gasteiger partial charge in [-0.2, -0.15) is 0 Å². The van der Waals surface area contributed by atoms with Crippen LogP contribution in [0.25, 0.3) is 0 Å². The van der Waals surface area contributed by atoms with Crippen LogP contribution in [-0.4, -0.2) is 29.6 Å². The summed E-state index contributed by atoms with van der Waals surface area (Å²) in [6.07, 6.45) is 2.06. The van der Waals surface area contributed by atoms with Crippen LogP contribution in [0.4, 0.5) is 0 Å². The number of rotatable bonds is 4. The molecular weight excluding hydrogens is 292 g/mol. The molecule has 0 radical (unpaired) electrons. The van der Waals surface area contributed by atoms with Crippen LogP contribution in [0.2, 0.25) is 0 Å². The second-order valence-electron chi connectivity index (χ2n) is 6.00. The van der Waals surface area contributed by atoms with Crippen molar-refractivity contribution in [1.29, 1.82) is 0 Å². The third-order valence-electron chi connectivity index (χ3n) is 4.55. The molecule has 0 N–H and O–H groups in total. The lowest BCUT2D eigenvalue weighted by atomic mass is 9.98. The van der Waals surface area contributed by atoms with Gasteiger partial charge in [0.2, 0.25) is 5.91 Å². The Morgan fingerprint density at radius 3 is 2.87 bits per heavy atom. The highest BCUT2D eigenvalue weighted by atomic mass is 16.5. The second kappa shape index (κ2) is 6.44. The molecule has 0 atom stereocenters. The molecule has 1 amide bonds. The van der Waals surface area contributed by atoms with E-state index in [1.807, 2.05) is 24.8 Å². The van der Waals surface area contributed by atoms with Crippen LogP contribution in [0.3, 0.4) is 0 Å². The number of carbonyl (C=O) groups is 1. The molecule has 2 aromatic rings. The molecule has 0 spiro atoms.